The molecule has 0 unspecified atom stereocenters. The molecule has 6 nitrogen and oxygen atoms in total. The zero-order valence-electron chi connectivity index (χ0n) is 13.9. The van der Waals surface area contributed by atoms with E-state index in [0.29, 0.717) is 12.0 Å². The van der Waals surface area contributed by atoms with Crippen molar-refractivity contribution in [3.8, 4) is 23.3 Å². The lowest BCUT2D eigenvalue weighted by molar-refractivity contribution is -0.385. The second kappa shape index (κ2) is 8.11. The quantitative estimate of drug-likeness (QED) is 0.498. The molecule has 129 valence electrons. The molecule has 0 aliphatic rings. The normalized spacial score (nSPS) is 10.2. The number of benzene rings is 1. The number of non-ortho nitro benzene ring substituents is 1. The third-order valence-electron chi connectivity index (χ3n) is 3.25. The summed E-state index contributed by atoms with van der Waals surface area (Å²) >= 11 is 0. The summed E-state index contributed by atoms with van der Waals surface area (Å²) in [7, 11) is 0. The molecule has 1 heterocycles. The average molecular weight is 342 g/mol. The number of anilines is 1. The summed E-state index contributed by atoms with van der Waals surface area (Å²) in [6.45, 7) is 4.04. The van der Waals surface area contributed by atoms with E-state index in [0.717, 1.165) is 18.6 Å². The van der Waals surface area contributed by atoms with Gasteiger partial charge >= 0.3 is 0 Å². The molecule has 0 aliphatic heterocycles. The van der Waals surface area contributed by atoms with Crippen molar-refractivity contribution in [3.05, 3.63) is 57.9 Å². The molecule has 7 heteroatoms. The highest BCUT2D eigenvalue weighted by Gasteiger charge is 2.14. The number of halogens is 1. The van der Waals surface area contributed by atoms with Crippen LogP contribution in [-0.2, 0) is 0 Å². The maximum atomic E-state index is 14.0. The number of nitrogens with zero attached hydrogens (tertiary/aromatic N) is 2. The molecule has 0 atom stereocenters. The maximum absolute atomic E-state index is 14.0. The fraction of sp³-hybridized carbons (Fsp3) is 0.222. The van der Waals surface area contributed by atoms with Crippen LogP contribution in [0.3, 0.4) is 0 Å². The third kappa shape index (κ3) is 4.91. The Morgan fingerprint density at radius 2 is 2.12 bits per heavy atom. The third-order valence-corrected chi connectivity index (χ3v) is 3.25. The average Bonchev–Trinajstić information content (AvgIpc) is 2.55. The lowest BCUT2D eigenvalue weighted by Crippen LogP contribution is -1.99. The summed E-state index contributed by atoms with van der Waals surface area (Å²) in [6, 6.07) is 4.66. The van der Waals surface area contributed by atoms with Crippen molar-refractivity contribution in [1.82, 2.24) is 4.98 Å². The number of hydrogen-bond acceptors (Lipinski definition) is 5. The molecule has 0 saturated heterocycles. The van der Waals surface area contributed by atoms with Crippen molar-refractivity contribution in [3.63, 3.8) is 0 Å². The lowest BCUT2D eigenvalue weighted by atomic mass is 10.1. The molecule has 2 aromatic rings. The molecule has 0 aliphatic carbocycles. The highest BCUT2D eigenvalue weighted by atomic mass is 19.1. The van der Waals surface area contributed by atoms with E-state index in [4.69, 9.17) is 10.5 Å². The van der Waals surface area contributed by atoms with Crippen molar-refractivity contribution in [2.24, 2.45) is 0 Å². The molecule has 1 aromatic carbocycles. The van der Waals surface area contributed by atoms with Gasteiger partial charge in [0.25, 0.3) is 5.69 Å². The van der Waals surface area contributed by atoms with Crippen LogP contribution < -0.4 is 10.5 Å². The molecule has 0 amide bonds. The van der Waals surface area contributed by atoms with Gasteiger partial charge in [-0.15, -0.1) is 0 Å². The van der Waals surface area contributed by atoms with Crippen LogP contribution in [0.5, 0.6) is 11.5 Å². The Kier molecular flexibility index (Phi) is 5.90. The van der Waals surface area contributed by atoms with Gasteiger partial charge < -0.3 is 10.5 Å². The van der Waals surface area contributed by atoms with E-state index >= 15 is 0 Å². The molecular weight excluding hydrogens is 325 g/mol. The van der Waals surface area contributed by atoms with Gasteiger partial charge in [-0.25, -0.2) is 9.37 Å². The summed E-state index contributed by atoms with van der Waals surface area (Å²) in [5, 5.41) is 10.7. The summed E-state index contributed by atoms with van der Waals surface area (Å²) in [5.74, 6) is 6.55. The van der Waals surface area contributed by atoms with Crippen molar-refractivity contribution in [2.45, 2.75) is 26.7 Å². The molecule has 2 N–H and O–H groups in total. The topological polar surface area (TPSA) is 91.3 Å². The minimum atomic E-state index is -0.847. The second-order valence-electron chi connectivity index (χ2n) is 5.55. The predicted octanol–water partition coefficient (Wildman–Crippen LogP) is 4.25. The molecule has 0 fully saturated rings. The van der Waals surface area contributed by atoms with E-state index in [1.807, 2.05) is 13.8 Å². The second-order valence-corrected chi connectivity index (χ2v) is 5.55. The van der Waals surface area contributed by atoms with E-state index in [1.165, 1.54) is 24.2 Å². The van der Waals surface area contributed by atoms with Crippen LogP contribution >= 0.6 is 0 Å². The van der Waals surface area contributed by atoms with Crippen LogP contribution in [0, 0.1) is 33.7 Å². The van der Waals surface area contributed by atoms with Gasteiger partial charge in [0.1, 0.15) is 17.1 Å². The van der Waals surface area contributed by atoms with Crippen LogP contribution in [-0.4, -0.2) is 9.91 Å². The fourth-order valence-electron chi connectivity index (χ4n) is 1.94. The van der Waals surface area contributed by atoms with Crippen molar-refractivity contribution in [2.75, 3.05) is 5.73 Å². The first-order valence-corrected chi connectivity index (χ1v) is 7.52. The number of rotatable bonds is 5. The van der Waals surface area contributed by atoms with E-state index in [-0.39, 0.29) is 23.0 Å². The van der Waals surface area contributed by atoms with Gasteiger partial charge in [0.15, 0.2) is 11.6 Å². The first kappa shape index (κ1) is 18.2. The van der Waals surface area contributed by atoms with Crippen molar-refractivity contribution < 1.29 is 14.1 Å². The Morgan fingerprint density at radius 3 is 2.76 bits per heavy atom. The Hall–Kier alpha value is -3.14. The number of ether oxygens (including phenoxy) is 1. The monoisotopic (exact) mass is 342 g/mol. The largest absolute Gasteiger partial charge is 0.453 e. The Labute approximate surface area is 145 Å². The molecule has 2 rings (SSSR count). The first-order valence-electron chi connectivity index (χ1n) is 7.52. The van der Waals surface area contributed by atoms with Crippen LogP contribution in [0.1, 0.15) is 32.3 Å². The number of nitrogens with two attached hydrogens (primary N) is 1. The number of hydrogen-bond donors (Lipinski definition) is 1. The highest BCUT2D eigenvalue weighted by Crippen LogP contribution is 2.30. The molecule has 0 bridgehead atoms. The number of nitro groups is 1. The van der Waals surface area contributed by atoms with Crippen LogP contribution in [0.15, 0.2) is 30.5 Å². The van der Waals surface area contributed by atoms with Crippen LogP contribution in [0.2, 0.25) is 0 Å². The zero-order valence-corrected chi connectivity index (χ0v) is 13.9. The number of pyridine rings is 1. The van der Waals surface area contributed by atoms with Crippen LogP contribution in [0.25, 0.3) is 0 Å². The maximum Gasteiger partial charge on any atom is 0.272 e. The Balaban J connectivity index is 2.28. The predicted molar refractivity (Wildman–Crippen MR) is 92.5 cm³/mol. The minimum absolute atomic E-state index is 0.156. The molecule has 0 saturated carbocycles. The smallest absolute Gasteiger partial charge is 0.272 e. The van der Waals surface area contributed by atoms with Gasteiger partial charge in [0.2, 0.25) is 0 Å². The van der Waals surface area contributed by atoms with E-state index in [1.54, 1.807) is 0 Å². The summed E-state index contributed by atoms with van der Waals surface area (Å²) < 4.78 is 19.5. The lowest BCUT2D eigenvalue weighted by Gasteiger charge is -2.09. The SMILES string of the molecule is C[C](C)CCC#Cc1c(Oc2ccc([N+](=O)[O-])cc2F)ccnc1N. The molecule has 1 aromatic heterocycles. The van der Waals surface area contributed by atoms with E-state index in [2.05, 4.69) is 16.8 Å². The minimum Gasteiger partial charge on any atom is -0.453 e. The Morgan fingerprint density at radius 1 is 1.36 bits per heavy atom. The van der Waals surface area contributed by atoms with E-state index < -0.39 is 10.7 Å². The summed E-state index contributed by atoms with van der Waals surface area (Å²) in [6.07, 6.45) is 2.94. The summed E-state index contributed by atoms with van der Waals surface area (Å²) in [5.41, 5.74) is 5.84. The number of nitro benzene ring substituents is 1. The van der Waals surface area contributed by atoms with Gasteiger partial charge in [-0.3, -0.25) is 10.1 Å². The number of nitrogen functional groups attached to an aromatic ring is 1. The van der Waals surface area contributed by atoms with Gasteiger partial charge in [-0.05, 0) is 18.4 Å². The Bertz CT molecular complexity index is 841. The van der Waals surface area contributed by atoms with Gasteiger partial charge in [0.05, 0.1) is 11.0 Å². The number of aromatic nitrogens is 1. The highest BCUT2D eigenvalue weighted by molar-refractivity contribution is 5.59. The van der Waals surface area contributed by atoms with E-state index in [9.17, 15) is 14.5 Å². The standard InChI is InChI=1S/C18H17FN3O3/c1-12(2)5-3-4-6-14-16(9-10-21-18(14)20)25-17-8-7-13(22(23)24)11-15(17)19/h7-11H,3,5H2,1-2H3,(H2,20,21). The fourth-order valence-corrected chi connectivity index (χ4v) is 1.94. The van der Waals surface area contributed by atoms with Gasteiger partial charge in [0, 0.05) is 24.8 Å². The van der Waals surface area contributed by atoms with Gasteiger partial charge in [-0.1, -0.05) is 25.7 Å². The molecule has 25 heavy (non-hydrogen) atoms. The van der Waals surface area contributed by atoms with Crippen molar-refractivity contribution in [1.29, 1.82) is 0 Å². The van der Waals surface area contributed by atoms with Crippen molar-refractivity contribution >= 4 is 11.5 Å². The van der Waals surface area contributed by atoms with Crippen LogP contribution in [0.4, 0.5) is 15.9 Å². The molecular formula is C18H17FN3O3. The zero-order chi connectivity index (χ0) is 18.4. The summed E-state index contributed by atoms with van der Waals surface area (Å²) in [4.78, 5) is 14.0. The molecule has 0 spiro atoms. The first-order chi connectivity index (χ1) is 11.9. The molecule has 1 radical (unpaired) electrons. The van der Waals surface area contributed by atoms with Gasteiger partial charge in [-0.2, -0.15) is 0 Å².